The number of hydrogen-bond donors (Lipinski definition) is 3. The third kappa shape index (κ3) is 17.4. The number of benzene rings is 1. The van der Waals surface area contributed by atoms with Gasteiger partial charge in [0.2, 0.25) is 5.88 Å². The molecule has 9 nitrogen and oxygen atoms in total. The molecule has 1 aromatic heterocycles. The van der Waals surface area contributed by atoms with Crippen molar-refractivity contribution in [1.82, 2.24) is 25.8 Å². The maximum absolute atomic E-state index is 6.76. The van der Waals surface area contributed by atoms with Crippen LogP contribution in [0, 0.1) is 10.8 Å². The Morgan fingerprint density at radius 1 is 0.700 bits per heavy atom. The topological polar surface area (TPSA) is 89.1 Å². The lowest BCUT2D eigenvalue weighted by atomic mass is 9.74. The molecule has 3 fully saturated rings. The minimum atomic E-state index is -0.265. The van der Waals surface area contributed by atoms with Crippen LogP contribution < -0.4 is 30.2 Å². The van der Waals surface area contributed by atoms with Gasteiger partial charge in [-0.1, -0.05) is 40.7 Å². The van der Waals surface area contributed by atoms with Crippen LogP contribution in [0.4, 0.5) is 0 Å². The molecule has 0 amide bonds. The van der Waals surface area contributed by atoms with Crippen LogP contribution in [0.1, 0.15) is 160 Å². The third-order valence-electron chi connectivity index (χ3n) is 12.3. The minimum Gasteiger partial charge on any atom is -0.493 e. The van der Waals surface area contributed by atoms with E-state index in [4.69, 9.17) is 18.9 Å². The largest absolute Gasteiger partial charge is 0.493 e. The van der Waals surface area contributed by atoms with Gasteiger partial charge < -0.3 is 34.9 Å². The Hall–Kier alpha value is -2.43. The van der Waals surface area contributed by atoms with Crippen LogP contribution in [-0.4, -0.2) is 95.3 Å². The average molecular weight is 834 g/mol. The molecule has 0 radical (unpaired) electrons. The third-order valence-corrected chi connectivity index (χ3v) is 12.3. The van der Waals surface area contributed by atoms with Gasteiger partial charge in [-0.25, -0.2) is 4.98 Å². The van der Waals surface area contributed by atoms with Crippen LogP contribution in [-0.2, 0) is 11.2 Å². The van der Waals surface area contributed by atoms with Crippen molar-refractivity contribution in [1.29, 1.82) is 0 Å². The molecule has 2 heterocycles. The first-order valence-electron chi connectivity index (χ1n) is 23.5. The summed E-state index contributed by atoms with van der Waals surface area (Å²) in [5, 5.41) is 11.7. The number of rotatable bonds is 22. The Morgan fingerprint density at radius 2 is 1.33 bits per heavy atom. The normalized spacial score (nSPS) is 24.1. The lowest BCUT2D eigenvalue weighted by Gasteiger charge is -2.46. The van der Waals surface area contributed by atoms with Gasteiger partial charge in [-0.05, 0) is 168 Å². The molecule has 340 valence electrons. The Morgan fingerprint density at radius 3 is 2.00 bits per heavy atom. The molecule has 2 atom stereocenters. The highest BCUT2D eigenvalue weighted by Crippen LogP contribution is 2.38. The zero-order chi connectivity index (χ0) is 44.0. The second-order valence-electron chi connectivity index (χ2n) is 23.9. The summed E-state index contributed by atoms with van der Waals surface area (Å²) >= 11 is 0. The molecule has 1 unspecified atom stereocenters. The van der Waals surface area contributed by atoms with Gasteiger partial charge >= 0.3 is 0 Å². The van der Waals surface area contributed by atoms with E-state index in [0.717, 1.165) is 101 Å². The second-order valence-corrected chi connectivity index (χ2v) is 23.9. The molecule has 2 aliphatic carbocycles. The fourth-order valence-electron chi connectivity index (χ4n) is 9.28. The first kappa shape index (κ1) is 48.6. The second kappa shape index (κ2) is 20.0. The van der Waals surface area contributed by atoms with Crippen molar-refractivity contribution in [2.75, 3.05) is 32.8 Å². The summed E-state index contributed by atoms with van der Waals surface area (Å²) in [4.78, 5) is 7.14. The van der Waals surface area contributed by atoms with Crippen LogP contribution >= 0.6 is 0 Å². The molecule has 2 aromatic rings. The fraction of sp³-hybridized carbons (Fsp3) is 0.784. The molecule has 1 saturated heterocycles. The zero-order valence-electron chi connectivity index (χ0n) is 40.6. The Kier molecular flexibility index (Phi) is 16.2. The van der Waals surface area contributed by atoms with E-state index < -0.39 is 0 Å². The number of ether oxygens (including phenoxy) is 4. The summed E-state index contributed by atoms with van der Waals surface area (Å²) in [6.45, 7) is 36.6. The van der Waals surface area contributed by atoms with E-state index in [1.807, 2.05) is 24.4 Å². The van der Waals surface area contributed by atoms with E-state index in [1.165, 1.54) is 12.0 Å². The first-order valence-corrected chi connectivity index (χ1v) is 23.5. The van der Waals surface area contributed by atoms with Gasteiger partial charge in [0.1, 0.15) is 23.7 Å². The van der Waals surface area contributed by atoms with Gasteiger partial charge in [0.25, 0.3) is 0 Å². The number of pyridine rings is 1. The Labute approximate surface area is 366 Å². The summed E-state index contributed by atoms with van der Waals surface area (Å²) in [7, 11) is 0. The molecule has 3 aliphatic rings. The van der Waals surface area contributed by atoms with Crippen molar-refractivity contribution in [2.45, 2.75) is 214 Å². The highest BCUT2D eigenvalue weighted by Gasteiger charge is 2.41. The summed E-state index contributed by atoms with van der Waals surface area (Å²) in [5.74, 6) is 2.52. The van der Waals surface area contributed by atoms with E-state index >= 15 is 0 Å². The molecular weight excluding hydrogens is 747 g/mol. The monoisotopic (exact) mass is 834 g/mol. The predicted molar refractivity (Wildman–Crippen MR) is 249 cm³/mol. The minimum absolute atomic E-state index is 0.0906. The summed E-state index contributed by atoms with van der Waals surface area (Å²) < 4.78 is 25.6. The quantitative estimate of drug-likeness (QED) is 0.107. The van der Waals surface area contributed by atoms with E-state index in [-0.39, 0.29) is 45.3 Å². The Bertz CT molecular complexity index is 1610. The standard InChI is InChI=1S/C51H87N5O4/c1-46(2,3)36-57-41-16-15-17-42(33-41)59-43-31-40(32-43)55-51(14,35-50(12,13)58-27-26-56-25-20-38(34-56)53-47(4,5)6)23-22-49(10,11)21-18-37-19-24-52-45(28-37)60-44-29-39(30-44)54-48(7,8)9/h15-17,19,24,28,33,38-40,43-44,53-55H,18,20-23,25-27,29-32,34-36H2,1-14H3/t38-,39-,40-,43+,44+,51?/m0/s1. The van der Waals surface area contributed by atoms with E-state index in [0.29, 0.717) is 24.7 Å². The van der Waals surface area contributed by atoms with Crippen LogP contribution in [0.25, 0.3) is 0 Å². The van der Waals surface area contributed by atoms with Gasteiger partial charge in [-0.3, -0.25) is 4.90 Å². The van der Waals surface area contributed by atoms with Crippen LogP contribution in [0.5, 0.6) is 17.4 Å². The van der Waals surface area contributed by atoms with Gasteiger partial charge in [0.05, 0.1) is 18.8 Å². The lowest BCUT2D eigenvalue weighted by Crippen LogP contribution is -2.58. The predicted octanol–water partition coefficient (Wildman–Crippen LogP) is 10.1. The molecule has 0 spiro atoms. The van der Waals surface area contributed by atoms with Crippen molar-refractivity contribution in [3.63, 3.8) is 0 Å². The van der Waals surface area contributed by atoms with Crippen LogP contribution in [0.15, 0.2) is 42.6 Å². The van der Waals surface area contributed by atoms with Gasteiger partial charge in [0, 0.05) is 66.2 Å². The van der Waals surface area contributed by atoms with Crippen molar-refractivity contribution in [2.24, 2.45) is 10.8 Å². The fourth-order valence-corrected chi connectivity index (χ4v) is 9.28. The highest BCUT2D eigenvalue weighted by atomic mass is 16.5. The van der Waals surface area contributed by atoms with Crippen molar-refractivity contribution < 1.29 is 18.9 Å². The molecule has 3 N–H and O–H groups in total. The molecule has 60 heavy (non-hydrogen) atoms. The molecule has 1 aliphatic heterocycles. The average Bonchev–Trinajstić information content (AvgIpc) is 3.52. The summed E-state index contributed by atoms with van der Waals surface area (Å²) in [6.07, 6.45) is 12.9. The summed E-state index contributed by atoms with van der Waals surface area (Å²) in [6, 6.07) is 14.0. The maximum Gasteiger partial charge on any atom is 0.213 e. The molecular formula is C51H87N5O4. The van der Waals surface area contributed by atoms with Crippen LogP contribution in [0.2, 0.25) is 0 Å². The van der Waals surface area contributed by atoms with Gasteiger partial charge in [-0.15, -0.1) is 0 Å². The summed E-state index contributed by atoms with van der Waals surface area (Å²) in [5.41, 5.74) is 1.49. The first-order chi connectivity index (χ1) is 27.8. The van der Waals surface area contributed by atoms with Gasteiger partial charge in [0.15, 0.2) is 0 Å². The van der Waals surface area contributed by atoms with Crippen molar-refractivity contribution in [3.8, 4) is 17.4 Å². The molecule has 1 aromatic carbocycles. The zero-order valence-corrected chi connectivity index (χ0v) is 40.6. The lowest BCUT2D eigenvalue weighted by molar-refractivity contribution is -0.0527. The van der Waals surface area contributed by atoms with E-state index in [9.17, 15) is 0 Å². The van der Waals surface area contributed by atoms with E-state index in [1.54, 1.807) is 0 Å². The molecule has 9 heteroatoms. The maximum atomic E-state index is 6.76. The number of aromatic nitrogens is 1. The number of nitrogens with one attached hydrogen (secondary N) is 3. The van der Waals surface area contributed by atoms with Gasteiger partial charge in [-0.2, -0.15) is 0 Å². The van der Waals surface area contributed by atoms with Crippen molar-refractivity contribution in [3.05, 3.63) is 48.2 Å². The Balaban J connectivity index is 1.14. The molecule has 2 saturated carbocycles. The number of hydrogen-bond acceptors (Lipinski definition) is 9. The SMILES string of the molecule is CC(C)(C)COc1cccc(O[C@H]2C[C@@H](NC(C)(CCC(C)(C)CCc3ccnc(O[C@H]4C[C@@H](NC(C)(C)C)C4)c3)CC(C)(C)OCCN3CC[C@H](NC(C)(C)C)C3)C2)c1. The van der Waals surface area contributed by atoms with Crippen LogP contribution in [0.3, 0.4) is 0 Å². The number of aryl methyl sites for hydroxylation is 1. The highest BCUT2D eigenvalue weighted by molar-refractivity contribution is 5.33. The van der Waals surface area contributed by atoms with Crippen molar-refractivity contribution >= 4 is 0 Å². The number of nitrogens with zero attached hydrogens (tertiary/aromatic N) is 2. The smallest absolute Gasteiger partial charge is 0.213 e. The molecule has 0 bridgehead atoms. The molecule has 5 rings (SSSR count). The number of likely N-dealkylation sites (tertiary alicyclic amines) is 1. The van der Waals surface area contributed by atoms with E-state index in [2.05, 4.69) is 141 Å².